The predicted octanol–water partition coefficient (Wildman–Crippen LogP) is 0.731. The Balaban J connectivity index is 1.81. The van der Waals surface area contributed by atoms with E-state index in [-0.39, 0.29) is 23.5 Å². The summed E-state index contributed by atoms with van der Waals surface area (Å²) < 4.78 is 4.22. The molecule has 3 aromatic heterocycles. The molecule has 3 rings (SSSR count). The fraction of sp³-hybridized carbons (Fsp3) is 0.294. The third-order valence-electron chi connectivity index (χ3n) is 4.28. The molecular formula is C17H20N8O4. The molecule has 0 unspecified atom stereocenters. The van der Waals surface area contributed by atoms with Gasteiger partial charge in [-0.05, 0) is 13.8 Å². The number of anilines is 2. The molecule has 0 aromatic carbocycles. The summed E-state index contributed by atoms with van der Waals surface area (Å²) >= 11 is 0. The molecule has 12 nitrogen and oxygen atoms in total. The van der Waals surface area contributed by atoms with E-state index in [9.17, 15) is 14.4 Å². The van der Waals surface area contributed by atoms with Crippen molar-refractivity contribution in [3.63, 3.8) is 0 Å². The molecule has 0 radical (unpaired) electrons. The Bertz CT molecular complexity index is 1080. The van der Waals surface area contributed by atoms with Crippen LogP contribution in [0.15, 0.2) is 24.8 Å². The Morgan fingerprint density at radius 1 is 1.03 bits per heavy atom. The van der Waals surface area contributed by atoms with Gasteiger partial charge < -0.3 is 15.7 Å². The van der Waals surface area contributed by atoms with Gasteiger partial charge in [0.05, 0.1) is 41.2 Å². The lowest BCUT2D eigenvalue weighted by Crippen LogP contribution is -2.21. The first-order chi connectivity index (χ1) is 13.8. The zero-order valence-corrected chi connectivity index (χ0v) is 16.1. The average molecular weight is 400 g/mol. The van der Waals surface area contributed by atoms with Crippen LogP contribution < -0.4 is 10.6 Å². The van der Waals surface area contributed by atoms with Crippen molar-refractivity contribution in [1.29, 1.82) is 0 Å². The molecule has 0 aliphatic rings. The highest BCUT2D eigenvalue weighted by atomic mass is 16.4. The zero-order chi connectivity index (χ0) is 21.1. The molecule has 0 aliphatic heterocycles. The van der Waals surface area contributed by atoms with Gasteiger partial charge in [0.2, 0.25) is 0 Å². The smallest absolute Gasteiger partial charge is 0.325 e. The van der Waals surface area contributed by atoms with Crippen LogP contribution in [0.25, 0.3) is 0 Å². The number of amides is 2. The molecule has 3 heterocycles. The molecule has 0 saturated heterocycles. The van der Waals surface area contributed by atoms with Crippen molar-refractivity contribution in [3.05, 3.63) is 41.7 Å². The second-order valence-corrected chi connectivity index (χ2v) is 6.22. The zero-order valence-electron chi connectivity index (χ0n) is 16.1. The molecule has 0 spiro atoms. The van der Waals surface area contributed by atoms with Crippen molar-refractivity contribution in [2.24, 2.45) is 7.05 Å². The van der Waals surface area contributed by atoms with Crippen LogP contribution in [0.5, 0.6) is 0 Å². The predicted molar refractivity (Wildman–Crippen MR) is 102 cm³/mol. The second-order valence-electron chi connectivity index (χ2n) is 6.22. The molecule has 152 valence electrons. The van der Waals surface area contributed by atoms with Crippen molar-refractivity contribution in [2.45, 2.75) is 26.9 Å². The van der Waals surface area contributed by atoms with Crippen LogP contribution >= 0.6 is 0 Å². The number of aromatic nitrogens is 6. The number of nitrogens with zero attached hydrogens (tertiary/aromatic N) is 6. The minimum atomic E-state index is -1.08. The van der Waals surface area contributed by atoms with Gasteiger partial charge in [-0.1, -0.05) is 0 Å². The lowest BCUT2D eigenvalue weighted by atomic mass is 10.2. The SMILES string of the molecule is CCn1ncc(NC(=O)c2cnn(CC(=O)O)c2)c1C(=O)Nc1cnn(C)c1C. The first-order valence-corrected chi connectivity index (χ1v) is 8.71. The lowest BCUT2D eigenvalue weighted by molar-refractivity contribution is -0.137. The molecular weight excluding hydrogens is 380 g/mol. The van der Waals surface area contributed by atoms with E-state index in [0.29, 0.717) is 12.2 Å². The van der Waals surface area contributed by atoms with E-state index >= 15 is 0 Å². The summed E-state index contributed by atoms with van der Waals surface area (Å²) in [5.41, 5.74) is 1.89. The quantitative estimate of drug-likeness (QED) is 0.529. The summed E-state index contributed by atoms with van der Waals surface area (Å²) in [5, 5.41) is 26.3. The topological polar surface area (TPSA) is 149 Å². The van der Waals surface area contributed by atoms with Gasteiger partial charge in [-0.15, -0.1) is 0 Å². The molecule has 29 heavy (non-hydrogen) atoms. The summed E-state index contributed by atoms with van der Waals surface area (Å²) in [6.45, 7) is 3.69. The molecule has 3 N–H and O–H groups in total. The van der Waals surface area contributed by atoms with E-state index in [1.54, 1.807) is 11.7 Å². The number of aliphatic carboxylic acids is 1. The maximum Gasteiger partial charge on any atom is 0.325 e. The maximum absolute atomic E-state index is 12.8. The van der Waals surface area contributed by atoms with Gasteiger partial charge >= 0.3 is 5.97 Å². The van der Waals surface area contributed by atoms with Gasteiger partial charge in [0.25, 0.3) is 11.8 Å². The molecule has 3 aromatic rings. The standard InChI is InChI=1S/C17H20N8O4/c1-4-25-15(17(29)21-12-6-18-23(3)10(12)2)13(7-20-25)22-16(28)11-5-19-24(8-11)9-14(26)27/h5-8H,4,9H2,1-3H3,(H,21,29)(H,22,28)(H,26,27). The van der Waals surface area contributed by atoms with E-state index in [1.165, 1.54) is 29.5 Å². The van der Waals surface area contributed by atoms with Gasteiger partial charge in [0.1, 0.15) is 12.2 Å². The monoisotopic (exact) mass is 400 g/mol. The molecule has 12 heteroatoms. The molecule has 0 bridgehead atoms. The fourth-order valence-corrected chi connectivity index (χ4v) is 2.66. The minimum absolute atomic E-state index is 0.157. The molecule has 0 aliphatic carbocycles. The van der Waals surface area contributed by atoms with Crippen LogP contribution in [-0.2, 0) is 24.9 Å². The van der Waals surface area contributed by atoms with Crippen molar-refractivity contribution >= 4 is 29.2 Å². The number of carbonyl (C=O) groups is 3. The maximum atomic E-state index is 12.8. The van der Waals surface area contributed by atoms with E-state index in [4.69, 9.17) is 5.11 Å². The minimum Gasteiger partial charge on any atom is -0.480 e. The summed E-state index contributed by atoms with van der Waals surface area (Å²) in [5.74, 6) is -2.06. The van der Waals surface area contributed by atoms with Crippen LogP contribution in [-0.4, -0.2) is 52.2 Å². The van der Waals surface area contributed by atoms with Crippen LogP contribution in [0.1, 0.15) is 33.5 Å². The normalized spacial score (nSPS) is 10.7. The number of carbonyl (C=O) groups excluding carboxylic acids is 2. The van der Waals surface area contributed by atoms with Gasteiger partial charge in [-0.3, -0.25) is 28.4 Å². The van der Waals surface area contributed by atoms with Crippen molar-refractivity contribution in [2.75, 3.05) is 10.6 Å². The van der Waals surface area contributed by atoms with E-state index in [0.717, 1.165) is 10.4 Å². The highest BCUT2D eigenvalue weighted by Gasteiger charge is 2.22. The number of carboxylic acid groups (broad SMARTS) is 1. The van der Waals surface area contributed by atoms with Crippen LogP contribution in [0.2, 0.25) is 0 Å². The van der Waals surface area contributed by atoms with Crippen molar-refractivity contribution < 1.29 is 19.5 Å². The van der Waals surface area contributed by atoms with Gasteiger partial charge in [0.15, 0.2) is 0 Å². The molecule has 0 atom stereocenters. The largest absolute Gasteiger partial charge is 0.480 e. The summed E-state index contributed by atoms with van der Waals surface area (Å²) in [6.07, 6.45) is 5.48. The van der Waals surface area contributed by atoms with E-state index in [1.807, 2.05) is 13.8 Å². The summed E-state index contributed by atoms with van der Waals surface area (Å²) in [6, 6.07) is 0. The fourth-order valence-electron chi connectivity index (χ4n) is 2.66. The summed E-state index contributed by atoms with van der Waals surface area (Å²) in [4.78, 5) is 36.1. The first kappa shape index (κ1) is 19.8. The summed E-state index contributed by atoms with van der Waals surface area (Å²) in [7, 11) is 1.76. The molecule has 2 amide bonds. The number of nitrogens with one attached hydrogen (secondary N) is 2. The number of rotatable bonds is 7. The Hall–Kier alpha value is -3.96. The Morgan fingerprint density at radius 3 is 2.34 bits per heavy atom. The second kappa shape index (κ2) is 7.96. The van der Waals surface area contributed by atoms with Crippen LogP contribution in [0, 0.1) is 6.92 Å². The molecule has 0 saturated carbocycles. The average Bonchev–Trinajstić information content (AvgIpc) is 3.37. The van der Waals surface area contributed by atoms with Crippen molar-refractivity contribution in [1.82, 2.24) is 29.3 Å². The Labute approximate surface area is 165 Å². The number of aryl methyl sites for hydroxylation is 2. The van der Waals surface area contributed by atoms with Gasteiger partial charge in [-0.2, -0.15) is 15.3 Å². The lowest BCUT2D eigenvalue weighted by Gasteiger charge is -2.09. The number of hydrogen-bond acceptors (Lipinski definition) is 6. The molecule has 0 fully saturated rings. The van der Waals surface area contributed by atoms with Crippen LogP contribution in [0.4, 0.5) is 11.4 Å². The van der Waals surface area contributed by atoms with Crippen molar-refractivity contribution in [3.8, 4) is 0 Å². The van der Waals surface area contributed by atoms with E-state index in [2.05, 4.69) is 25.9 Å². The first-order valence-electron chi connectivity index (χ1n) is 8.71. The number of carboxylic acids is 1. The third-order valence-corrected chi connectivity index (χ3v) is 4.28. The van der Waals surface area contributed by atoms with E-state index < -0.39 is 17.8 Å². The Kier molecular flexibility index (Phi) is 5.43. The Morgan fingerprint density at radius 2 is 1.72 bits per heavy atom. The van der Waals surface area contributed by atoms with Gasteiger partial charge in [0, 0.05) is 19.8 Å². The van der Waals surface area contributed by atoms with Crippen LogP contribution in [0.3, 0.4) is 0 Å². The highest BCUT2D eigenvalue weighted by Crippen LogP contribution is 2.20. The van der Waals surface area contributed by atoms with Gasteiger partial charge in [-0.25, -0.2) is 0 Å². The highest BCUT2D eigenvalue weighted by molar-refractivity contribution is 6.11. The number of hydrogen-bond donors (Lipinski definition) is 3. The third kappa shape index (κ3) is 4.15.